The Labute approximate surface area is 138 Å². The van der Waals surface area contributed by atoms with Gasteiger partial charge in [-0.25, -0.2) is 0 Å². The van der Waals surface area contributed by atoms with Gasteiger partial charge < -0.3 is 4.42 Å². The molecule has 0 radical (unpaired) electrons. The van der Waals surface area contributed by atoms with Gasteiger partial charge in [0.05, 0.1) is 9.37 Å². The Bertz CT molecular complexity index is 708. The Morgan fingerprint density at radius 3 is 2.05 bits per heavy atom. The van der Waals surface area contributed by atoms with Gasteiger partial charge in [0.2, 0.25) is 0 Å². The molecule has 3 rings (SSSR count). The Hall–Kier alpha value is -0.970. The van der Waals surface area contributed by atoms with Gasteiger partial charge in [-0.05, 0) is 44.0 Å². The molecule has 0 atom stereocenters. The van der Waals surface area contributed by atoms with Gasteiger partial charge in [0.1, 0.15) is 0 Å². The molecule has 0 spiro atoms. The quantitative estimate of drug-likeness (QED) is 0.481. The average molecular weight is 410 g/mol. The van der Waals surface area contributed by atoms with Crippen molar-refractivity contribution in [2.45, 2.75) is 9.79 Å². The maximum Gasteiger partial charge on any atom is 0.185 e. The lowest BCUT2D eigenvalue weighted by Gasteiger charge is -2.00. The summed E-state index contributed by atoms with van der Waals surface area (Å²) in [4.78, 5) is 2.23. The molecule has 0 fully saturated rings. The van der Waals surface area contributed by atoms with Gasteiger partial charge >= 0.3 is 0 Å². The van der Waals surface area contributed by atoms with E-state index in [4.69, 9.17) is 4.42 Å². The van der Waals surface area contributed by atoms with Crippen LogP contribution in [0.15, 0.2) is 84.0 Å². The van der Waals surface area contributed by atoms with Crippen molar-refractivity contribution in [2.75, 3.05) is 0 Å². The largest absolute Gasteiger partial charge is 0.447 e. The third kappa shape index (κ3) is 2.87. The van der Waals surface area contributed by atoms with E-state index in [0.29, 0.717) is 0 Å². The molecule has 0 aliphatic rings. The average Bonchev–Trinajstić information content (AvgIpc) is 2.77. The molecule has 20 heavy (non-hydrogen) atoms. The molecule has 1 aromatic heterocycles. The monoisotopic (exact) mass is 408 g/mol. The summed E-state index contributed by atoms with van der Waals surface area (Å²) in [5.74, 6) is 0.843. The lowest BCUT2D eigenvalue weighted by atomic mass is 10.2. The molecule has 0 saturated carbocycles. The van der Waals surface area contributed by atoms with Crippen LogP contribution >= 0.6 is 43.6 Å². The van der Waals surface area contributed by atoms with Gasteiger partial charge in [0.15, 0.2) is 10.4 Å². The summed E-state index contributed by atoms with van der Waals surface area (Å²) in [5, 5.41) is 0. The second kappa shape index (κ2) is 6.20. The van der Waals surface area contributed by atoms with E-state index in [1.54, 1.807) is 11.8 Å². The zero-order valence-electron chi connectivity index (χ0n) is 10.3. The van der Waals surface area contributed by atoms with E-state index >= 15 is 0 Å². The van der Waals surface area contributed by atoms with E-state index in [1.165, 1.54) is 4.90 Å². The first-order valence-electron chi connectivity index (χ1n) is 6.02. The topological polar surface area (TPSA) is 13.1 Å². The molecule has 0 N–H and O–H groups in total. The van der Waals surface area contributed by atoms with E-state index in [0.717, 1.165) is 25.4 Å². The van der Waals surface area contributed by atoms with Gasteiger partial charge in [-0.3, -0.25) is 0 Å². The fourth-order valence-electron chi connectivity index (χ4n) is 1.84. The molecule has 0 unspecified atom stereocenters. The number of benzene rings is 2. The maximum atomic E-state index is 5.85. The third-order valence-electron chi connectivity index (χ3n) is 2.77. The van der Waals surface area contributed by atoms with E-state index in [2.05, 4.69) is 44.0 Å². The summed E-state index contributed by atoms with van der Waals surface area (Å²) in [7, 11) is 0. The summed E-state index contributed by atoms with van der Waals surface area (Å²) in [6, 6.07) is 20.3. The highest BCUT2D eigenvalue weighted by molar-refractivity contribution is 9.11. The van der Waals surface area contributed by atoms with Crippen molar-refractivity contribution in [1.82, 2.24) is 0 Å². The molecule has 100 valence electrons. The van der Waals surface area contributed by atoms with Crippen LogP contribution in [-0.2, 0) is 0 Å². The van der Waals surface area contributed by atoms with Gasteiger partial charge in [0, 0.05) is 10.5 Å². The van der Waals surface area contributed by atoms with Crippen LogP contribution in [-0.4, -0.2) is 0 Å². The van der Waals surface area contributed by atoms with Crippen molar-refractivity contribution < 1.29 is 4.42 Å². The first-order valence-corrected chi connectivity index (χ1v) is 8.42. The molecule has 0 amide bonds. The Balaban J connectivity index is 1.99. The van der Waals surface area contributed by atoms with Crippen molar-refractivity contribution >= 4 is 43.6 Å². The molecule has 3 aromatic rings. The first-order chi connectivity index (χ1) is 9.75. The van der Waals surface area contributed by atoms with Gasteiger partial charge in [-0.15, -0.1) is 0 Å². The van der Waals surface area contributed by atoms with Gasteiger partial charge in [-0.1, -0.05) is 60.3 Å². The van der Waals surface area contributed by atoms with Gasteiger partial charge in [-0.2, -0.15) is 0 Å². The van der Waals surface area contributed by atoms with E-state index in [9.17, 15) is 0 Å². The fourth-order valence-corrected chi connectivity index (χ4v) is 4.27. The molecule has 1 nitrogen and oxygen atoms in total. The molecule has 1 heterocycles. The number of furan rings is 1. The first kappa shape index (κ1) is 14.0. The molecule has 0 aliphatic heterocycles. The predicted octanol–water partition coefficient (Wildman–Crippen LogP) is 6.62. The summed E-state index contributed by atoms with van der Waals surface area (Å²) >= 11 is 8.83. The Kier molecular flexibility index (Phi) is 4.34. The number of hydrogen-bond acceptors (Lipinski definition) is 2. The lowest BCUT2D eigenvalue weighted by Crippen LogP contribution is -1.75. The highest BCUT2D eigenvalue weighted by atomic mass is 79.9. The van der Waals surface area contributed by atoms with E-state index in [1.807, 2.05) is 48.5 Å². The lowest BCUT2D eigenvalue weighted by molar-refractivity contribution is 0.547. The molecule has 2 aromatic carbocycles. The number of rotatable bonds is 3. The van der Waals surface area contributed by atoms with E-state index < -0.39 is 0 Å². The molecule has 0 aliphatic carbocycles. The molecular formula is C16H10Br2OS. The fraction of sp³-hybridized carbons (Fsp3) is 0. The van der Waals surface area contributed by atoms with Crippen molar-refractivity contribution in [2.24, 2.45) is 0 Å². The van der Waals surface area contributed by atoms with Crippen molar-refractivity contribution in [1.29, 1.82) is 0 Å². The minimum atomic E-state index is 0.747. The highest BCUT2D eigenvalue weighted by Crippen LogP contribution is 2.46. The molecule has 0 saturated heterocycles. The Morgan fingerprint density at radius 2 is 1.40 bits per heavy atom. The summed E-state index contributed by atoms with van der Waals surface area (Å²) < 4.78 is 7.58. The van der Waals surface area contributed by atoms with Gasteiger partial charge in [0.25, 0.3) is 0 Å². The number of halogens is 2. The zero-order valence-corrected chi connectivity index (χ0v) is 14.3. The number of hydrogen-bond donors (Lipinski definition) is 0. The van der Waals surface area contributed by atoms with Crippen molar-refractivity contribution in [3.63, 3.8) is 0 Å². The van der Waals surface area contributed by atoms with Crippen LogP contribution in [0.25, 0.3) is 11.3 Å². The molecule has 0 bridgehead atoms. The normalized spacial score (nSPS) is 10.7. The SMILES string of the molecule is Brc1oc(-c2ccccc2)c(Br)c1Sc1ccccc1. The highest BCUT2D eigenvalue weighted by Gasteiger charge is 2.18. The van der Waals surface area contributed by atoms with Crippen LogP contribution in [0.1, 0.15) is 0 Å². The summed E-state index contributed by atoms with van der Waals surface area (Å²) in [5.41, 5.74) is 1.06. The smallest absolute Gasteiger partial charge is 0.185 e. The second-order valence-corrected chi connectivity index (χ2v) is 6.73. The standard InChI is InChI=1S/C16H10Br2OS/c17-13-14(11-7-3-1-4-8-11)19-16(18)15(13)20-12-9-5-2-6-10-12/h1-10H. The van der Waals surface area contributed by atoms with Crippen molar-refractivity contribution in [3.8, 4) is 11.3 Å². The minimum Gasteiger partial charge on any atom is -0.447 e. The molecule has 4 heteroatoms. The summed E-state index contributed by atoms with van der Waals surface area (Å²) in [6.45, 7) is 0. The van der Waals surface area contributed by atoms with Crippen LogP contribution in [0.2, 0.25) is 0 Å². The minimum absolute atomic E-state index is 0.747. The van der Waals surface area contributed by atoms with Crippen molar-refractivity contribution in [3.05, 3.63) is 69.8 Å². The molecular weight excluding hydrogens is 400 g/mol. The van der Waals surface area contributed by atoms with Crippen LogP contribution in [0.5, 0.6) is 0 Å². The zero-order chi connectivity index (χ0) is 13.9. The maximum absolute atomic E-state index is 5.85. The van der Waals surface area contributed by atoms with Crippen LogP contribution in [0, 0.1) is 0 Å². The van der Waals surface area contributed by atoms with E-state index in [-0.39, 0.29) is 0 Å². The van der Waals surface area contributed by atoms with Crippen LogP contribution in [0.4, 0.5) is 0 Å². The summed E-state index contributed by atoms with van der Waals surface area (Å²) in [6.07, 6.45) is 0. The third-order valence-corrected chi connectivity index (χ3v) is 5.71. The van der Waals surface area contributed by atoms with Crippen LogP contribution < -0.4 is 0 Å². The van der Waals surface area contributed by atoms with Crippen LogP contribution in [0.3, 0.4) is 0 Å². The Morgan fingerprint density at radius 1 is 0.800 bits per heavy atom. The predicted molar refractivity (Wildman–Crippen MR) is 90.1 cm³/mol. The second-order valence-electron chi connectivity index (χ2n) is 4.13.